The first-order valence-electron chi connectivity index (χ1n) is 10.7. The lowest BCUT2D eigenvalue weighted by molar-refractivity contribution is 0.201. The number of benzene rings is 2. The minimum absolute atomic E-state index is 0.324. The summed E-state index contributed by atoms with van der Waals surface area (Å²) in [6.07, 6.45) is 6.14. The van der Waals surface area contributed by atoms with E-state index in [0.29, 0.717) is 12.1 Å². The summed E-state index contributed by atoms with van der Waals surface area (Å²) in [4.78, 5) is 2.45. The fraction of sp³-hybridized carbons (Fsp3) is 0.500. The van der Waals surface area contributed by atoms with Crippen LogP contribution in [0.5, 0.6) is 17.2 Å². The molecule has 2 aliphatic rings. The van der Waals surface area contributed by atoms with Gasteiger partial charge in [-0.05, 0) is 61.9 Å². The Morgan fingerprint density at radius 1 is 0.966 bits per heavy atom. The molecule has 1 saturated carbocycles. The summed E-state index contributed by atoms with van der Waals surface area (Å²) in [7, 11) is 3.42. The Morgan fingerprint density at radius 2 is 1.76 bits per heavy atom. The Balaban J connectivity index is 1.44. The Labute approximate surface area is 174 Å². The molecule has 2 fully saturated rings. The third-order valence-corrected chi connectivity index (χ3v) is 6.00. The van der Waals surface area contributed by atoms with Gasteiger partial charge in [-0.3, -0.25) is 0 Å². The van der Waals surface area contributed by atoms with Crippen molar-refractivity contribution < 1.29 is 14.2 Å². The van der Waals surface area contributed by atoms with E-state index < -0.39 is 0 Å². The first-order valence-corrected chi connectivity index (χ1v) is 10.7. The third-order valence-electron chi connectivity index (χ3n) is 6.00. The number of rotatable bonds is 7. The largest absolute Gasteiger partial charge is 0.497 e. The number of anilines is 1. The van der Waals surface area contributed by atoms with E-state index in [9.17, 15) is 0 Å². The van der Waals surface area contributed by atoms with Gasteiger partial charge in [0.25, 0.3) is 0 Å². The summed E-state index contributed by atoms with van der Waals surface area (Å²) in [5, 5.41) is 3.66. The molecule has 2 aromatic carbocycles. The molecule has 1 unspecified atom stereocenters. The first kappa shape index (κ1) is 19.9. The fourth-order valence-corrected chi connectivity index (χ4v) is 4.38. The van der Waals surface area contributed by atoms with Crippen LogP contribution in [-0.2, 0) is 6.42 Å². The number of hydrogen-bond acceptors (Lipinski definition) is 5. The summed E-state index contributed by atoms with van der Waals surface area (Å²) in [5.74, 6) is 2.60. The van der Waals surface area contributed by atoms with E-state index in [-0.39, 0.29) is 0 Å². The maximum Gasteiger partial charge on any atom is 0.163 e. The van der Waals surface area contributed by atoms with E-state index >= 15 is 0 Å². The molecule has 0 spiro atoms. The Bertz CT molecular complexity index is 787. The smallest absolute Gasteiger partial charge is 0.163 e. The van der Waals surface area contributed by atoms with Gasteiger partial charge >= 0.3 is 0 Å². The van der Waals surface area contributed by atoms with Gasteiger partial charge in [0.15, 0.2) is 11.5 Å². The molecule has 0 aromatic heterocycles. The highest BCUT2D eigenvalue weighted by Gasteiger charge is 2.23. The van der Waals surface area contributed by atoms with Crippen LogP contribution in [0.1, 0.15) is 31.2 Å². The van der Waals surface area contributed by atoms with Crippen molar-refractivity contribution in [2.45, 2.75) is 44.2 Å². The average Bonchev–Trinajstić information content (AvgIpc) is 3.27. The molecule has 1 heterocycles. The van der Waals surface area contributed by atoms with Gasteiger partial charge in [0.1, 0.15) is 5.75 Å². The van der Waals surface area contributed by atoms with E-state index in [1.807, 2.05) is 18.2 Å². The third kappa shape index (κ3) is 4.96. The van der Waals surface area contributed by atoms with Crippen LogP contribution in [-0.4, -0.2) is 46.0 Å². The van der Waals surface area contributed by atoms with Crippen molar-refractivity contribution in [3.63, 3.8) is 0 Å². The molecule has 1 atom stereocenters. The van der Waals surface area contributed by atoms with Crippen LogP contribution in [0, 0.1) is 0 Å². The van der Waals surface area contributed by atoms with E-state index in [0.717, 1.165) is 56.1 Å². The number of ether oxygens (including phenoxy) is 3. The molecule has 5 heteroatoms. The van der Waals surface area contributed by atoms with Crippen molar-refractivity contribution in [3.8, 4) is 17.2 Å². The van der Waals surface area contributed by atoms with Gasteiger partial charge in [0, 0.05) is 37.4 Å². The summed E-state index contributed by atoms with van der Waals surface area (Å²) >= 11 is 0. The zero-order chi connectivity index (χ0) is 20.1. The van der Waals surface area contributed by atoms with Crippen molar-refractivity contribution >= 4 is 5.69 Å². The maximum atomic E-state index is 6.29. The van der Waals surface area contributed by atoms with Gasteiger partial charge in [-0.2, -0.15) is 0 Å². The van der Waals surface area contributed by atoms with Gasteiger partial charge in [0.05, 0.1) is 20.3 Å². The molecule has 156 valence electrons. The van der Waals surface area contributed by atoms with Gasteiger partial charge in [-0.25, -0.2) is 0 Å². The number of hydrogen-bond donors (Lipinski definition) is 1. The lowest BCUT2D eigenvalue weighted by atomic mass is 10.0. The summed E-state index contributed by atoms with van der Waals surface area (Å²) in [6.45, 7) is 2.95. The highest BCUT2D eigenvalue weighted by molar-refractivity contribution is 5.57. The molecule has 1 aliphatic heterocycles. The van der Waals surface area contributed by atoms with Crippen molar-refractivity contribution in [2.75, 3.05) is 38.8 Å². The van der Waals surface area contributed by atoms with Crippen molar-refractivity contribution in [3.05, 3.63) is 48.0 Å². The van der Waals surface area contributed by atoms with Crippen LogP contribution in [0.3, 0.4) is 0 Å². The summed E-state index contributed by atoms with van der Waals surface area (Å²) in [5.41, 5.74) is 2.53. The van der Waals surface area contributed by atoms with Crippen LogP contribution >= 0.6 is 0 Å². The molecular weight excluding hydrogens is 364 g/mol. The van der Waals surface area contributed by atoms with Crippen molar-refractivity contribution in [1.29, 1.82) is 0 Å². The molecule has 4 rings (SSSR count). The van der Waals surface area contributed by atoms with Crippen molar-refractivity contribution in [1.82, 2.24) is 5.32 Å². The summed E-state index contributed by atoms with van der Waals surface area (Å²) in [6, 6.07) is 15.1. The molecule has 2 aromatic rings. The van der Waals surface area contributed by atoms with E-state index in [1.54, 1.807) is 14.2 Å². The number of methoxy groups -OCH3 is 2. The number of nitrogens with one attached hydrogen (secondary N) is 1. The van der Waals surface area contributed by atoms with Crippen LogP contribution in [0.25, 0.3) is 0 Å². The quantitative estimate of drug-likeness (QED) is 0.765. The molecule has 0 amide bonds. The van der Waals surface area contributed by atoms with Gasteiger partial charge < -0.3 is 24.4 Å². The summed E-state index contributed by atoms with van der Waals surface area (Å²) < 4.78 is 17.1. The van der Waals surface area contributed by atoms with Gasteiger partial charge in [-0.15, -0.1) is 0 Å². The lowest BCUT2D eigenvalue weighted by Gasteiger charge is -2.35. The topological polar surface area (TPSA) is 43.0 Å². The first-order chi connectivity index (χ1) is 14.2. The maximum absolute atomic E-state index is 6.29. The highest BCUT2D eigenvalue weighted by atomic mass is 16.5. The molecule has 1 aliphatic carbocycles. The van der Waals surface area contributed by atoms with Gasteiger partial charge in [0.2, 0.25) is 0 Å². The number of piperazine rings is 1. The average molecular weight is 397 g/mol. The second-order valence-electron chi connectivity index (χ2n) is 8.01. The Kier molecular flexibility index (Phi) is 6.45. The molecular formula is C24H32N2O3. The second-order valence-corrected chi connectivity index (χ2v) is 8.01. The van der Waals surface area contributed by atoms with Crippen molar-refractivity contribution in [2.24, 2.45) is 0 Å². The zero-order valence-corrected chi connectivity index (χ0v) is 17.5. The molecule has 29 heavy (non-hydrogen) atoms. The Hall–Kier alpha value is -2.40. The second kappa shape index (κ2) is 9.40. The molecule has 1 saturated heterocycles. The monoisotopic (exact) mass is 396 g/mol. The predicted octanol–water partition coefficient (Wildman–Crippen LogP) is 4.05. The SMILES string of the molecule is COc1ccc(CC2CN(c3ccc(OC)c(OC4CCCC4)c3)CCN2)cc1. The molecule has 0 radical (unpaired) electrons. The van der Waals surface area contributed by atoms with E-state index in [4.69, 9.17) is 14.2 Å². The van der Waals surface area contributed by atoms with E-state index in [2.05, 4.69) is 34.5 Å². The standard InChI is InChI=1S/C24H32N2O3/c1-27-21-10-7-18(8-11-21)15-19-17-26(14-13-25-19)20-9-12-23(28-2)24(16-20)29-22-5-3-4-6-22/h7-12,16,19,22,25H,3-6,13-15,17H2,1-2H3. The minimum atomic E-state index is 0.324. The van der Waals surface area contributed by atoms with Crippen LogP contribution in [0.4, 0.5) is 5.69 Å². The van der Waals surface area contributed by atoms with Crippen LogP contribution in [0.15, 0.2) is 42.5 Å². The van der Waals surface area contributed by atoms with E-state index in [1.165, 1.54) is 24.1 Å². The van der Waals surface area contributed by atoms with Gasteiger partial charge in [-0.1, -0.05) is 12.1 Å². The molecule has 5 nitrogen and oxygen atoms in total. The minimum Gasteiger partial charge on any atom is -0.497 e. The molecule has 0 bridgehead atoms. The zero-order valence-electron chi connectivity index (χ0n) is 17.5. The lowest BCUT2D eigenvalue weighted by Crippen LogP contribution is -2.51. The van der Waals surface area contributed by atoms with Crippen LogP contribution in [0.2, 0.25) is 0 Å². The molecule has 1 N–H and O–H groups in total. The normalized spacial score (nSPS) is 19.9. The fourth-order valence-electron chi connectivity index (χ4n) is 4.38. The number of nitrogens with zero attached hydrogens (tertiary/aromatic N) is 1. The van der Waals surface area contributed by atoms with Crippen LogP contribution < -0.4 is 24.4 Å². The highest BCUT2D eigenvalue weighted by Crippen LogP contribution is 2.35. The predicted molar refractivity (Wildman–Crippen MR) is 117 cm³/mol. The Morgan fingerprint density at radius 3 is 2.48 bits per heavy atom.